The Morgan fingerprint density at radius 2 is 2.36 bits per heavy atom. The first-order valence-corrected chi connectivity index (χ1v) is 4.70. The second kappa shape index (κ2) is 4.73. The molecule has 0 aliphatic carbocycles. The van der Waals surface area contributed by atoms with Gasteiger partial charge in [0.25, 0.3) is 0 Å². The highest BCUT2D eigenvalue weighted by molar-refractivity contribution is 4.71. The van der Waals surface area contributed by atoms with Gasteiger partial charge in [-0.05, 0) is 38.3 Å². The number of aliphatic hydroxyl groups is 1. The summed E-state index contributed by atoms with van der Waals surface area (Å²) in [5.41, 5.74) is 0. The van der Waals surface area contributed by atoms with E-state index in [4.69, 9.17) is 5.11 Å². The van der Waals surface area contributed by atoms with Crippen molar-refractivity contribution in [1.82, 2.24) is 4.90 Å². The molecule has 66 valence electrons. The summed E-state index contributed by atoms with van der Waals surface area (Å²) in [7, 11) is 0. The Morgan fingerprint density at radius 1 is 1.55 bits per heavy atom. The zero-order valence-corrected chi connectivity index (χ0v) is 7.42. The molecule has 0 aromatic rings. The van der Waals surface area contributed by atoms with Crippen LogP contribution in [0.5, 0.6) is 0 Å². The van der Waals surface area contributed by atoms with Crippen molar-refractivity contribution >= 4 is 0 Å². The molecular formula is C9H19NO. The number of hydrogen-bond donors (Lipinski definition) is 1. The van der Waals surface area contributed by atoms with Gasteiger partial charge in [-0.3, -0.25) is 0 Å². The van der Waals surface area contributed by atoms with E-state index in [2.05, 4.69) is 11.8 Å². The summed E-state index contributed by atoms with van der Waals surface area (Å²) in [5.74, 6) is 0.758. The van der Waals surface area contributed by atoms with Crippen molar-refractivity contribution < 1.29 is 5.11 Å². The molecule has 1 atom stereocenters. The molecule has 0 spiro atoms. The largest absolute Gasteiger partial charge is 0.396 e. The zero-order chi connectivity index (χ0) is 8.10. The summed E-state index contributed by atoms with van der Waals surface area (Å²) in [6.45, 7) is 6.21. The summed E-state index contributed by atoms with van der Waals surface area (Å²) in [6, 6.07) is 0. The number of piperidine rings is 1. The molecule has 1 saturated heterocycles. The molecule has 0 amide bonds. The zero-order valence-electron chi connectivity index (χ0n) is 7.42. The van der Waals surface area contributed by atoms with Gasteiger partial charge in [-0.15, -0.1) is 0 Å². The van der Waals surface area contributed by atoms with Crippen molar-refractivity contribution in [3.05, 3.63) is 0 Å². The van der Waals surface area contributed by atoms with E-state index in [0.717, 1.165) is 12.3 Å². The third kappa shape index (κ3) is 2.80. The Hall–Kier alpha value is -0.0800. The fourth-order valence-corrected chi connectivity index (χ4v) is 1.86. The molecule has 11 heavy (non-hydrogen) atoms. The minimum absolute atomic E-state index is 0.363. The van der Waals surface area contributed by atoms with Gasteiger partial charge in [0.1, 0.15) is 0 Å². The van der Waals surface area contributed by atoms with Crippen LogP contribution in [0.4, 0.5) is 0 Å². The summed E-state index contributed by atoms with van der Waals surface area (Å²) < 4.78 is 0. The molecule has 0 bridgehead atoms. The summed E-state index contributed by atoms with van der Waals surface area (Å²) in [6.07, 6.45) is 3.63. The summed E-state index contributed by atoms with van der Waals surface area (Å²) in [5, 5.41) is 8.76. The fraction of sp³-hybridized carbons (Fsp3) is 1.00. The molecule has 2 heteroatoms. The second-order valence-electron chi connectivity index (χ2n) is 3.41. The van der Waals surface area contributed by atoms with E-state index in [9.17, 15) is 0 Å². The van der Waals surface area contributed by atoms with E-state index < -0.39 is 0 Å². The Morgan fingerprint density at radius 3 is 3.00 bits per heavy atom. The quantitative estimate of drug-likeness (QED) is 0.663. The van der Waals surface area contributed by atoms with Crippen LogP contribution in [0.1, 0.15) is 26.2 Å². The van der Waals surface area contributed by atoms with Gasteiger partial charge in [0.05, 0.1) is 0 Å². The number of hydrogen-bond acceptors (Lipinski definition) is 2. The molecule has 0 saturated carbocycles. The minimum atomic E-state index is 0.363. The monoisotopic (exact) mass is 157 g/mol. The lowest BCUT2D eigenvalue weighted by Gasteiger charge is -2.31. The first-order valence-electron chi connectivity index (χ1n) is 4.70. The van der Waals surface area contributed by atoms with Crippen LogP contribution in [-0.2, 0) is 0 Å². The molecule has 0 unspecified atom stereocenters. The van der Waals surface area contributed by atoms with Gasteiger partial charge < -0.3 is 10.0 Å². The van der Waals surface area contributed by atoms with Crippen molar-refractivity contribution in [2.75, 3.05) is 26.2 Å². The number of rotatable bonds is 3. The maximum atomic E-state index is 8.76. The van der Waals surface area contributed by atoms with Gasteiger partial charge in [0.2, 0.25) is 0 Å². The molecule has 1 N–H and O–H groups in total. The van der Waals surface area contributed by atoms with Crippen LogP contribution >= 0.6 is 0 Å². The smallest absolute Gasteiger partial charge is 0.0434 e. The van der Waals surface area contributed by atoms with Gasteiger partial charge in [-0.1, -0.05) is 6.92 Å². The third-order valence-electron chi connectivity index (χ3n) is 2.59. The van der Waals surface area contributed by atoms with Gasteiger partial charge in [0.15, 0.2) is 0 Å². The third-order valence-corrected chi connectivity index (χ3v) is 2.59. The van der Waals surface area contributed by atoms with E-state index >= 15 is 0 Å². The van der Waals surface area contributed by atoms with Crippen LogP contribution in [0.2, 0.25) is 0 Å². The van der Waals surface area contributed by atoms with Gasteiger partial charge >= 0.3 is 0 Å². The summed E-state index contributed by atoms with van der Waals surface area (Å²) in [4.78, 5) is 2.48. The lowest BCUT2D eigenvalue weighted by Crippen LogP contribution is -2.35. The highest BCUT2D eigenvalue weighted by Gasteiger charge is 2.17. The van der Waals surface area contributed by atoms with Crippen LogP contribution in [0.15, 0.2) is 0 Å². The average molecular weight is 157 g/mol. The van der Waals surface area contributed by atoms with Crippen molar-refractivity contribution in [1.29, 1.82) is 0 Å². The van der Waals surface area contributed by atoms with E-state index in [0.29, 0.717) is 6.61 Å². The first kappa shape index (κ1) is 9.01. The van der Waals surface area contributed by atoms with Crippen molar-refractivity contribution in [3.63, 3.8) is 0 Å². The Labute approximate surface area is 69.2 Å². The van der Waals surface area contributed by atoms with Crippen LogP contribution in [0.25, 0.3) is 0 Å². The average Bonchev–Trinajstić information content (AvgIpc) is 2.06. The SMILES string of the molecule is CCN1CCC[C@@H](CCO)C1. The molecule has 0 aromatic heterocycles. The molecular weight excluding hydrogens is 138 g/mol. The second-order valence-corrected chi connectivity index (χ2v) is 3.41. The standard InChI is InChI=1S/C9H19NO/c1-2-10-6-3-4-9(8-10)5-7-11/h9,11H,2-8H2,1H3/t9-/m0/s1. The normalized spacial score (nSPS) is 27.3. The van der Waals surface area contributed by atoms with Crippen molar-refractivity contribution in [2.24, 2.45) is 5.92 Å². The van der Waals surface area contributed by atoms with E-state index in [-0.39, 0.29) is 0 Å². The molecule has 0 radical (unpaired) electrons. The molecule has 0 aromatic carbocycles. The molecule has 1 rings (SSSR count). The Bertz CT molecular complexity index is 104. The van der Waals surface area contributed by atoms with Crippen LogP contribution in [-0.4, -0.2) is 36.2 Å². The van der Waals surface area contributed by atoms with Crippen LogP contribution in [0.3, 0.4) is 0 Å². The Balaban J connectivity index is 2.21. The minimum Gasteiger partial charge on any atom is -0.396 e. The highest BCUT2D eigenvalue weighted by Crippen LogP contribution is 2.18. The fourth-order valence-electron chi connectivity index (χ4n) is 1.86. The molecule has 2 nitrogen and oxygen atoms in total. The molecule has 1 aliphatic heterocycles. The molecule has 1 heterocycles. The van der Waals surface area contributed by atoms with E-state index in [1.165, 1.54) is 32.5 Å². The maximum absolute atomic E-state index is 8.76. The number of nitrogens with zero attached hydrogens (tertiary/aromatic N) is 1. The lowest BCUT2D eigenvalue weighted by molar-refractivity contribution is 0.153. The lowest BCUT2D eigenvalue weighted by atomic mass is 9.95. The van der Waals surface area contributed by atoms with Gasteiger partial charge in [-0.25, -0.2) is 0 Å². The van der Waals surface area contributed by atoms with E-state index in [1.807, 2.05) is 0 Å². The molecule has 1 fully saturated rings. The molecule has 1 aliphatic rings. The van der Waals surface area contributed by atoms with Crippen LogP contribution < -0.4 is 0 Å². The topological polar surface area (TPSA) is 23.5 Å². The van der Waals surface area contributed by atoms with Crippen LogP contribution in [0, 0.1) is 5.92 Å². The van der Waals surface area contributed by atoms with Gasteiger partial charge in [-0.2, -0.15) is 0 Å². The van der Waals surface area contributed by atoms with E-state index in [1.54, 1.807) is 0 Å². The number of aliphatic hydroxyl groups excluding tert-OH is 1. The Kier molecular flexibility index (Phi) is 3.87. The maximum Gasteiger partial charge on any atom is 0.0434 e. The van der Waals surface area contributed by atoms with Gasteiger partial charge in [0, 0.05) is 13.2 Å². The summed E-state index contributed by atoms with van der Waals surface area (Å²) >= 11 is 0. The highest BCUT2D eigenvalue weighted by atomic mass is 16.3. The predicted molar refractivity (Wildman–Crippen MR) is 46.5 cm³/mol. The number of likely N-dealkylation sites (tertiary alicyclic amines) is 1. The van der Waals surface area contributed by atoms with Crippen molar-refractivity contribution in [2.45, 2.75) is 26.2 Å². The van der Waals surface area contributed by atoms with Crippen molar-refractivity contribution in [3.8, 4) is 0 Å². The predicted octanol–water partition coefficient (Wildman–Crippen LogP) is 1.10. The first-order chi connectivity index (χ1) is 5.36.